The summed E-state index contributed by atoms with van der Waals surface area (Å²) in [6, 6.07) is 30.1. The van der Waals surface area contributed by atoms with Gasteiger partial charge < -0.3 is 10.1 Å². The molecule has 0 aliphatic heterocycles. The number of anilines is 1. The summed E-state index contributed by atoms with van der Waals surface area (Å²) >= 11 is 3.35. The number of hydrogen-bond acceptors (Lipinski definition) is 4. The number of rotatable bonds is 10. The summed E-state index contributed by atoms with van der Waals surface area (Å²) in [6.45, 7) is 3.96. The lowest BCUT2D eigenvalue weighted by molar-refractivity contribution is -0.120. The van der Waals surface area contributed by atoms with Crippen molar-refractivity contribution in [3.8, 4) is 5.75 Å². The molecule has 8 heteroatoms. The van der Waals surface area contributed by atoms with Gasteiger partial charge >= 0.3 is 0 Å². The standard InChI is InChI=1S/C30H29BrN2O4S/c1-3-37-27-17-15-26(16-18-27)33(38(35,36)28-19-13-25(31)14-20-28)21-29(34)32-30(23-7-5-4-6-8-23)24-11-9-22(2)10-12-24/h4-20,30H,3,21H2,1-2H3,(H,32,34)/t30-/m0/s1. The molecule has 0 bridgehead atoms. The normalized spacial score (nSPS) is 12.0. The van der Waals surface area contributed by atoms with Gasteiger partial charge in [0.1, 0.15) is 12.3 Å². The largest absolute Gasteiger partial charge is 0.494 e. The first-order valence-electron chi connectivity index (χ1n) is 12.2. The minimum absolute atomic E-state index is 0.0838. The van der Waals surface area contributed by atoms with Crippen molar-refractivity contribution in [2.24, 2.45) is 0 Å². The van der Waals surface area contributed by atoms with E-state index >= 15 is 0 Å². The topological polar surface area (TPSA) is 75.7 Å². The van der Waals surface area contributed by atoms with Gasteiger partial charge in [-0.3, -0.25) is 9.10 Å². The van der Waals surface area contributed by atoms with E-state index in [1.165, 1.54) is 12.1 Å². The molecule has 6 nitrogen and oxygen atoms in total. The molecule has 0 saturated carbocycles. The summed E-state index contributed by atoms with van der Waals surface area (Å²) < 4.78 is 34.9. The monoisotopic (exact) mass is 592 g/mol. The quantitative estimate of drug-likeness (QED) is 0.236. The first-order chi connectivity index (χ1) is 18.3. The van der Waals surface area contributed by atoms with Gasteiger partial charge in [0.2, 0.25) is 5.91 Å². The van der Waals surface area contributed by atoms with Crippen LogP contribution in [0, 0.1) is 6.92 Å². The zero-order valence-electron chi connectivity index (χ0n) is 21.2. The number of halogens is 1. The molecule has 0 aromatic heterocycles. The van der Waals surface area contributed by atoms with Gasteiger partial charge in [0.05, 0.1) is 23.2 Å². The Hall–Kier alpha value is -3.62. The molecule has 38 heavy (non-hydrogen) atoms. The summed E-state index contributed by atoms with van der Waals surface area (Å²) in [6.07, 6.45) is 0. The predicted molar refractivity (Wildman–Crippen MR) is 154 cm³/mol. The molecule has 0 saturated heterocycles. The van der Waals surface area contributed by atoms with Gasteiger partial charge in [-0.15, -0.1) is 0 Å². The summed E-state index contributed by atoms with van der Waals surface area (Å²) in [5.74, 6) is 0.180. The van der Waals surface area contributed by atoms with Crippen LogP contribution < -0.4 is 14.4 Å². The number of sulfonamides is 1. The number of nitrogens with zero attached hydrogens (tertiary/aromatic N) is 1. The second kappa shape index (κ2) is 12.3. The Kier molecular flexibility index (Phi) is 8.86. The molecule has 0 fully saturated rings. The molecular weight excluding hydrogens is 564 g/mol. The average molecular weight is 594 g/mol. The number of carbonyl (C=O) groups is 1. The fourth-order valence-electron chi connectivity index (χ4n) is 4.02. The van der Waals surface area contributed by atoms with Crippen LogP contribution in [0.25, 0.3) is 0 Å². The van der Waals surface area contributed by atoms with Gasteiger partial charge in [-0.2, -0.15) is 0 Å². The van der Waals surface area contributed by atoms with Crippen molar-refractivity contribution in [3.63, 3.8) is 0 Å². The predicted octanol–water partition coefficient (Wildman–Crippen LogP) is 6.26. The second-order valence-electron chi connectivity index (χ2n) is 8.71. The van der Waals surface area contributed by atoms with Crippen LogP contribution in [0.15, 0.2) is 112 Å². The Labute approximate surface area is 232 Å². The minimum Gasteiger partial charge on any atom is -0.494 e. The van der Waals surface area contributed by atoms with Crippen LogP contribution in [0.1, 0.15) is 29.7 Å². The molecule has 1 atom stereocenters. The third kappa shape index (κ3) is 6.62. The molecule has 0 unspecified atom stereocenters. The molecule has 196 valence electrons. The molecule has 4 rings (SSSR count). The Morgan fingerprint density at radius 2 is 1.47 bits per heavy atom. The smallest absolute Gasteiger partial charge is 0.264 e. The van der Waals surface area contributed by atoms with Gasteiger partial charge in [0.25, 0.3) is 10.0 Å². The molecule has 1 N–H and O–H groups in total. The Morgan fingerprint density at radius 3 is 2.08 bits per heavy atom. The highest BCUT2D eigenvalue weighted by Gasteiger charge is 2.28. The lowest BCUT2D eigenvalue weighted by atomic mass is 9.98. The zero-order chi connectivity index (χ0) is 27.1. The van der Waals surface area contributed by atoms with Crippen molar-refractivity contribution in [2.45, 2.75) is 24.8 Å². The summed E-state index contributed by atoms with van der Waals surface area (Å²) in [5.41, 5.74) is 3.26. The van der Waals surface area contributed by atoms with E-state index in [9.17, 15) is 13.2 Å². The van der Waals surface area contributed by atoms with E-state index in [1.807, 2.05) is 68.4 Å². The Balaban J connectivity index is 1.67. The van der Waals surface area contributed by atoms with Gasteiger partial charge in [0, 0.05) is 4.47 Å². The minimum atomic E-state index is -4.05. The third-order valence-electron chi connectivity index (χ3n) is 5.97. The highest BCUT2D eigenvalue weighted by molar-refractivity contribution is 9.10. The maximum Gasteiger partial charge on any atom is 0.264 e. The summed E-state index contributed by atoms with van der Waals surface area (Å²) in [5, 5.41) is 3.06. The van der Waals surface area contributed by atoms with Gasteiger partial charge in [-0.25, -0.2) is 8.42 Å². The molecule has 4 aromatic rings. The second-order valence-corrected chi connectivity index (χ2v) is 11.5. The third-order valence-corrected chi connectivity index (χ3v) is 8.29. The number of aryl methyl sites for hydroxylation is 1. The fourth-order valence-corrected chi connectivity index (χ4v) is 5.71. The number of amides is 1. The number of hydrogen-bond donors (Lipinski definition) is 1. The molecule has 0 radical (unpaired) electrons. The van der Waals surface area contributed by atoms with E-state index in [2.05, 4.69) is 21.2 Å². The van der Waals surface area contributed by atoms with Crippen molar-refractivity contribution in [1.82, 2.24) is 5.32 Å². The van der Waals surface area contributed by atoms with Crippen molar-refractivity contribution in [2.75, 3.05) is 17.5 Å². The molecule has 0 heterocycles. The van der Waals surface area contributed by atoms with E-state index in [0.717, 1.165) is 25.5 Å². The van der Waals surface area contributed by atoms with Crippen LogP contribution in [-0.4, -0.2) is 27.5 Å². The lowest BCUT2D eigenvalue weighted by Gasteiger charge is -2.26. The van der Waals surface area contributed by atoms with Gasteiger partial charge in [0.15, 0.2) is 0 Å². The maximum atomic E-state index is 13.8. The van der Waals surface area contributed by atoms with Gasteiger partial charge in [-0.1, -0.05) is 76.1 Å². The zero-order valence-corrected chi connectivity index (χ0v) is 23.6. The highest BCUT2D eigenvalue weighted by Crippen LogP contribution is 2.28. The van der Waals surface area contributed by atoms with Crippen LogP contribution in [0.3, 0.4) is 0 Å². The number of ether oxygens (including phenoxy) is 1. The maximum absolute atomic E-state index is 13.8. The van der Waals surface area contributed by atoms with Crippen molar-refractivity contribution in [3.05, 3.63) is 124 Å². The van der Waals surface area contributed by atoms with Crippen molar-refractivity contribution >= 4 is 37.5 Å². The first-order valence-corrected chi connectivity index (χ1v) is 14.4. The Morgan fingerprint density at radius 1 is 0.868 bits per heavy atom. The van der Waals surface area contributed by atoms with Crippen LogP contribution in [-0.2, 0) is 14.8 Å². The fraction of sp³-hybridized carbons (Fsp3) is 0.167. The average Bonchev–Trinajstić information content (AvgIpc) is 2.92. The van der Waals surface area contributed by atoms with Crippen molar-refractivity contribution < 1.29 is 17.9 Å². The van der Waals surface area contributed by atoms with E-state index in [4.69, 9.17) is 4.74 Å². The van der Waals surface area contributed by atoms with Crippen LogP contribution in [0.5, 0.6) is 5.75 Å². The SMILES string of the molecule is CCOc1ccc(N(CC(=O)N[C@@H](c2ccccc2)c2ccc(C)cc2)S(=O)(=O)c2ccc(Br)cc2)cc1. The van der Waals surface area contributed by atoms with Gasteiger partial charge in [-0.05, 0) is 73.5 Å². The Bertz CT molecular complexity index is 1460. The van der Waals surface area contributed by atoms with E-state index < -0.39 is 28.5 Å². The van der Waals surface area contributed by atoms with E-state index in [-0.39, 0.29) is 4.90 Å². The number of nitrogens with one attached hydrogen (secondary N) is 1. The summed E-state index contributed by atoms with van der Waals surface area (Å²) in [4.78, 5) is 13.6. The highest BCUT2D eigenvalue weighted by atomic mass is 79.9. The number of benzene rings is 4. The van der Waals surface area contributed by atoms with Crippen LogP contribution in [0.2, 0.25) is 0 Å². The number of carbonyl (C=O) groups excluding carboxylic acids is 1. The van der Waals surface area contributed by atoms with Crippen LogP contribution >= 0.6 is 15.9 Å². The lowest BCUT2D eigenvalue weighted by Crippen LogP contribution is -2.42. The molecular formula is C30H29BrN2O4S. The molecule has 0 spiro atoms. The molecule has 0 aliphatic rings. The van der Waals surface area contributed by atoms with Crippen LogP contribution in [0.4, 0.5) is 5.69 Å². The van der Waals surface area contributed by atoms with Crippen molar-refractivity contribution in [1.29, 1.82) is 0 Å². The molecule has 4 aromatic carbocycles. The summed E-state index contributed by atoms with van der Waals surface area (Å²) in [7, 11) is -4.05. The molecule has 1 amide bonds. The van der Waals surface area contributed by atoms with E-state index in [0.29, 0.717) is 18.0 Å². The first kappa shape index (κ1) is 27.4. The molecule has 0 aliphatic carbocycles. The van der Waals surface area contributed by atoms with E-state index in [1.54, 1.807) is 36.4 Å².